The monoisotopic (exact) mass is 384 g/mol. The van der Waals surface area contributed by atoms with Crippen molar-refractivity contribution >= 4 is 11.9 Å². The SMILES string of the molecule is CCN(CC)CCCC(C)N1CC2=C(C1=O)C(c1ccccc1)NC(=O)N2C. The number of likely N-dealkylation sites (N-methyl/N-ethyl adjacent to an activating group) is 1. The highest BCUT2D eigenvalue weighted by atomic mass is 16.2. The van der Waals surface area contributed by atoms with Gasteiger partial charge in [0.05, 0.1) is 23.9 Å². The van der Waals surface area contributed by atoms with Crippen LogP contribution in [0.25, 0.3) is 0 Å². The van der Waals surface area contributed by atoms with Crippen molar-refractivity contribution in [3.63, 3.8) is 0 Å². The van der Waals surface area contributed by atoms with Gasteiger partial charge >= 0.3 is 6.03 Å². The lowest BCUT2D eigenvalue weighted by molar-refractivity contribution is -0.127. The summed E-state index contributed by atoms with van der Waals surface area (Å²) in [6.07, 6.45) is 2.02. The van der Waals surface area contributed by atoms with Gasteiger partial charge in [0.1, 0.15) is 0 Å². The molecule has 2 atom stereocenters. The van der Waals surface area contributed by atoms with Crippen molar-refractivity contribution in [2.45, 2.75) is 45.7 Å². The van der Waals surface area contributed by atoms with Crippen molar-refractivity contribution in [2.75, 3.05) is 33.2 Å². The first kappa shape index (κ1) is 20.4. The van der Waals surface area contributed by atoms with E-state index >= 15 is 0 Å². The second-order valence-corrected chi connectivity index (χ2v) is 7.66. The zero-order valence-corrected chi connectivity index (χ0v) is 17.4. The molecule has 0 saturated carbocycles. The Balaban J connectivity index is 1.74. The first-order chi connectivity index (χ1) is 13.5. The summed E-state index contributed by atoms with van der Waals surface area (Å²) in [5, 5.41) is 2.99. The number of amides is 3. The van der Waals surface area contributed by atoms with Crippen molar-refractivity contribution in [1.82, 2.24) is 20.0 Å². The number of rotatable bonds is 8. The second kappa shape index (κ2) is 8.78. The summed E-state index contributed by atoms with van der Waals surface area (Å²) in [5.41, 5.74) is 2.49. The quantitative estimate of drug-likeness (QED) is 0.750. The van der Waals surface area contributed by atoms with Crippen LogP contribution < -0.4 is 5.32 Å². The molecule has 0 fully saturated rings. The van der Waals surface area contributed by atoms with Gasteiger partial charge in [-0.05, 0) is 45.0 Å². The standard InChI is InChI=1S/C22H32N4O2/c1-5-25(6-2)14-10-11-16(3)26-15-18-19(21(26)27)20(23-22(28)24(18)4)17-12-8-7-9-13-17/h7-9,12-13,16,20H,5-6,10-11,14-15H2,1-4H3,(H,23,28). The molecule has 1 aromatic carbocycles. The molecule has 28 heavy (non-hydrogen) atoms. The van der Waals surface area contributed by atoms with E-state index in [2.05, 4.69) is 31.0 Å². The van der Waals surface area contributed by atoms with Gasteiger partial charge in [0, 0.05) is 13.1 Å². The van der Waals surface area contributed by atoms with Crippen LogP contribution in [0, 0.1) is 0 Å². The van der Waals surface area contributed by atoms with Crippen molar-refractivity contribution in [3.8, 4) is 0 Å². The third-order valence-corrected chi connectivity index (χ3v) is 6.04. The number of hydrogen-bond acceptors (Lipinski definition) is 3. The molecule has 2 heterocycles. The molecule has 6 nitrogen and oxygen atoms in total. The van der Waals surface area contributed by atoms with E-state index in [9.17, 15) is 9.59 Å². The molecule has 0 bridgehead atoms. The number of carbonyl (C=O) groups is 2. The topological polar surface area (TPSA) is 55.9 Å². The van der Waals surface area contributed by atoms with Gasteiger partial charge in [0.15, 0.2) is 0 Å². The molecule has 0 aliphatic carbocycles. The molecular formula is C22H32N4O2. The molecule has 152 valence electrons. The third-order valence-electron chi connectivity index (χ3n) is 6.04. The van der Waals surface area contributed by atoms with E-state index in [-0.39, 0.29) is 24.0 Å². The molecule has 0 aromatic heterocycles. The number of benzene rings is 1. The van der Waals surface area contributed by atoms with Crippen LogP contribution in [-0.4, -0.2) is 65.9 Å². The predicted molar refractivity (Wildman–Crippen MR) is 111 cm³/mol. The molecule has 2 aliphatic heterocycles. The number of carbonyl (C=O) groups excluding carboxylic acids is 2. The highest BCUT2D eigenvalue weighted by Gasteiger charge is 2.43. The van der Waals surface area contributed by atoms with Gasteiger partial charge in [-0.1, -0.05) is 44.2 Å². The number of nitrogens with zero attached hydrogens (tertiary/aromatic N) is 3. The number of nitrogens with one attached hydrogen (secondary N) is 1. The first-order valence-corrected chi connectivity index (χ1v) is 10.3. The number of hydrogen-bond donors (Lipinski definition) is 1. The van der Waals surface area contributed by atoms with Gasteiger partial charge in [-0.3, -0.25) is 9.69 Å². The lowest BCUT2D eigenvalue weighted by Gasteiger charge is -2.31. The molecule has 3 amide bonds. The summed E-state index contributed by atoms with van der Waals surface area (Å²) >= 11 is 0. The van der Waals surface area contributed by atoms with Crippen LogP contribution in [0.1, 0.15) is 45.2 Å². The summed E-state index contributed by atoms with van der Waals surface area (Å²) in [7, 11) is 1.74. The Labute approximate surface area is 168 Å². The molecule has 0 saturated heterocycles. The largest absolute Gasteiger partial charge is 0.330 e. The average molecular weight is 385 g/mol. The van der Waals surface area contributed by atoms with Crippen LogP contribution in [0.4, 0.5) is 4.79 Å². The fourth-order valence-electron chi connectivity index (χ4n) is 4.15. The molecule has 3 rings (SSSR count). The van der Waals surface area contributed by atoms with E-state index in [4.69, 9.17) is 0 Å². The van der Waals surface area contributed by atoms with E-state index in [0.717, 1.165) is 43.7 Å². The van der Waals surface area contributed by atoms with Crippen LogP contribution in [0.3, 0.4) is 0 Å². The highest BCUT2D eigenvalue weighted by Crippen LogP contribution is 2.36. The van der Waals surface area contributed by atoms with Crippen molar-refractivity contribution in [1.29, 1.82) is 0 Å². The van der Waals surface area contributed by atoms with E-state index in [1.54, 1.807) is 11.9 Å². The minimum absolute atomic E-state index is 0.0473. The highest BCUT2D eigenvalue weighted by molar-refractivity contribution is 6.01. The van der Waals surface area contributed by atoms with E-state index in [1.807, 2.05) is 35.2 Å². The molecule has 2 unspecified atom stereocenters. The van der Waals surface area contributed by atoms with E-state index < -0.39 is 0 Å². The average Bonchev–Trinajstić information content (AvgIpc) is 3.06. The second-order valence-electron chi connectivity index (χ2n) is 7.66. The van der Waals surface area contributed by atoms with Crippen molar-refractivity contribution < 1.29 is 9.59 Å². The van der Waals surface area contributed by atoms with Gasteiger partial charge in [-0.15, -0.1) is 0 Å². The van der Waals surface area contributed by atoms with Crippen molar-refractivity contribution in [2.24, 2.45) is 0 Å². The summed E-state index contributed by atoms with van der Waals surface area (Å²) in [5.74, 6) is 0.0473. The molecular weight excluding hydrogens is 352 g/mol. The van der Waals surface area contributed by atoms with Gasteiger partial charge in [-0.2, -0.15) is 0 Å². The normalized spacial score (nSPS) is 20.7. The molecule has 1 N–H and O–H groups in total. The molecule has 1 aromatic rings. The minimum Gasteiger partial charge on any atom is -0.330 e. The van der Waals surface area contributed by atoms with E-state index in [0.29, 0.717) is 12.1 Å². The van der Waals surface area contributed by atoms with Crippen molar-refractivity contribution in [3.05, 3.63) is 47.2 Å². The zero-order chi connectivity index (χ0) is 20.3. The Morgan fingerprint density at radius 2 is 1.86 bits per heavy atom. The maximum Gasteiger partial charge on any atom is 0.322 e. The minimum atomic E-state index is -0.375. The molecule has 0 radical (unpaired) electrons. The lowest BCUT2D eigenvalue weighted by atomic mass is 9.96. The maximum absolute atomic E-state index is 13.3. The van der Waals surface area contributed by atoms with Crippen LogP contribution >= 0.6 is 0 Å². The predicted octanol–water partition coefficient (Wildman–Crippen LogP) is 2.99. The van der Waals surface area contributed by atoms with Gasteiger partial charge in [0.25, 0.3) is 5.91 Å². The molecule has 6 heteroatoms. The Morgan fingerprint density at radius 1 is 1.18 bits per heavy atom. The fourth-order valence-corrected chi connectivity index (χ4v) is 4.15. The summed E-state index contributed by atoms with van der Waals surface area (Å²) in [6, 6.07) is 9.36. The van der Waals surface area contributed by atoms with Crippen LogP contribution in [0.5, 0.6) is 0 Å². The molecule has 2 aliphatic rings. The maximum atomic E-state index is 13.3. The van der Waals surface area contributed by atoms with Gasteiger partial charge < -0.3 is 15.1 Å². The number of urea groups is 1. The lowest BCUT2D eigenvalue weighted by Crippen LogP contribution is -2.45. The zero-order valence-electron chi connectivity index (χ0n) is 17.4. The first-order valence-electron chi connectivity index (χ1n) is 10.3. The Bertz CT molecular complexity index is 742. The van der Waals surface area contributed by atoms with Crippen LogP contribution in [0.2, 0.25) is 0 Å². The van der Waals surface area contributed by atoms with Crippen LogP contribution in [0.15, 0.2) is 41.6 Å². The summed E-state index contributed by atoms with van der Waals surface area (Å²) in [6.45, 7) is 10.1. The molecule has 0 spiro atoms. The van der Waals surface area contributed by atoms with Gasteiger partial charge in [-0.25, -0.2) is 4.79 Å². The van der Waals surface area contributed by atoms with Gasteiger partial charge in [0.2, 0.25) is 0 Å². The summed E-state index contributed by atoms with van der Waals surface area (Å²) in [4.78, 5) is 31.7. The Hall–Kier alpha value is -2.34. The van der Waals surface area contributed by atoms with E-state index in [1.165, 1.54) is 0 Å². The Kier molecular flexibility index (Phi) is 6.39. The third kappa shape index (κ3) is 3.92. The summed E-state index contributed by atoms with van der Waals surface area (Å²) < 4.78 is 0. The fraction of sp³-hybridized carbons (Fsp3) is 0.545. The van der Waals surface area contributed by atoms with Crippen LogP contribution in [-0.2, 0) is 4.79 Å². The smallest absolute Gasteiger partial charge is 0.322 e. The Morgan fingerprint density at radius 3 is 2.50 bits per heavy atom.